The van der Waals surface area contributed by atoms with Crippen molar-refractivity contribution in [1.82, 2.24) is 5.32 Å². The van der Waals surface area contributed by atoms with Gasteiger partial charge in [-0.1, -0.05) is 23.8 Å². The van der Waals surface area contributed by atoms with E-state index in [2.05, 4.69) is 23.1 Å². The van der Waals surface area contributed by atoms with Crippen molar-refractivity contribution < 1.29 is 0 Å². The predicted molar refractivity (Wildman–Crippen MR) is 59.8 cm³/mol. The first-order chi connectivity index (χ1) is 6.86. The predicted octanol–water partition coefficient (Wildman–Crippen LogP) is 1.63. The van der Waals surface area contributed by atoms with Crippen LogP contribution in [-0.2, 0) is 0 Å². The summed E-state index contributed by atoms with van der Waals surface area (Å²) in [4.78, 5) is 0. The summed E-state index contributed by atoms with van der Waals surface area (Å²) in [6, 6.07) is 7.72. The van der Waals surface area contributed by atoms with Gasteiger partial charge in [-0.05, 0) is 25.2 Å². The lowest BCUT2D eigenvalue weighted by molar-refractivity contribution is 0.818. The lowest BCUT2D eigenvalue weighted by Gasteiger charge is -1.92. The van der Waals surface area contributed by atoms with E-state index in [0.717, 1.165) is 24.1 Å². The van der Waals surface area contributed by atoms with Crippen LogP contribution in [0.5, 0.6) is 0 Å². The molecule has 0 amide bonds. The second kappa shape index (κ2) is 5.86. The third-order valence-corrected chi connectivity index (χ3v) is 1.76. The highest BCUT2D eigenvalue weighted by molar-refractivity contribution is 5.42. The molecule has 0 aliphatic carbocycles. The molecule has 1 rings (SSSR count). The van der Waals surface area contributed by atoms with E-state index in [1.807, 2.05) is 31.3 Å². The minimum atomic E-state index is 0.858. The van der Waals surface area contributed by atoms with E-state index in [4.69, 9.17) is 6.42 Å². The summed E-state index contributed by atoms with van der Waals surface area (Å²) in [5.41, 5.74) is 1.86. The van der Waals surface area contributed by atoms with Crippen LogP contribution >= 0.6 is 0 Å². The maximum absolute atomic E-state index is 5.29. The van der Waals surface area contributed by atoms with Gasteiger partial charge in [-0.25, -0.2) is 0 Å². The van der Waals surface area contributed by atoms with E-state index in [9.17, 15) is 0 Å². The first kappa shape index (κ1) is 10.4. The van der Waals surface area contributed by atoms with E-state index in [-0.39, 0.29) is 0 Å². The molecule has 0 fully saturated rings. The van der Waals surface area contributed by atoms with E-state index >= 15 is 0 Å². The Kier molecular flexibility index (Phi) is 4.35. The summed E-state index contributed by atoms with van der Waals surface area (Å²) in [7, 11) is 1.92. The Labute approximate surface area is 85.5 Å². The zero-order chi connectivity index (χ0) is 10.2. The van der Waals surface area contributed by atoms with Gasteiger partial charge in [-0.15, -0.1) is 6.42 Å². The average Bonchev–Trinajstić information content (AvgIpc) is 2.25. The minimum absolute atomic E-state index is 0.858. The molecular weight excluding hydrogens is 170 g/mol. The molecule has 0 aliphatic heterocycles. The fourth-order valence-corrected chi connectivity index (χ4v) is 1.04. The van der Waals surface area contributed by atoms with Crippen molar-refractivity contribution >= 4 is 0 Å². The summed E-state index contributed by atoms with van der Waals surface area (Å²) in [6.07, 6.45) is 6.14. The van der Waals surface area contributed by atoms with Crippen molar-refractivity contribution in [3.63, 3.8) is 0 Å². The fourth-order valence-electron chi connectivity index (χ4n) is 1.04. The van der Waals surface area contributed by atoms with Crippen LogP contribution in [0.1, 0.15) is 17.5 Å². The molecule has 1 aromatic carbocycles. The molecule has 70 valence electrons. The minimum Gasteiger partial charge on any atom is -0.319 e. The quantitative estimate of drug-likeness (QED) is 0.543. The van der Waals surface area contributed by atoms with E-state index in [0.29, 0.717) is 0 Å². The first-order valence-corrected chi connectivity index (χ1v) is 4.57. The third-order valence-electron chi connectivity index (χ3n) is 1.76. The molecule has 0 bridgehead atoms. The Morgan fingerprint density at radius 3 is 2.86 bits per heavy atom. The Hall–Kier alpha value is -1.70. The van der Waals surface area contributed by atoms with E-state index in [1.54, 1.807) is 0 Å². The molecule has 0 heterocycles. The van der Waals surface area contributed by atoms with Crippen LogP contribution in [0.25, 0.3) is 0 Å². The number of benzene rings is 1. The van der Waals surface area contributed by atoms with Gasteiger partial charge in [-0.3, -0.25) is 0 Å². The Balaban J connectivity index is 2.66. The van der Waals surface area contributed by atoms with Gasteiger partial charge in [0.1, 0.15) is 0 Å². The van der Waals surface area contributed by atoms with Crippen LogP contribution in [0, 0.1) is 24.2 Å². The second-order valence-electron chi connectivity index (χ2n) is 2.88. The van der Waals surface area contributed by atoms with Crippen LogP contribution in [0.3, 0.4) is 0 Å². The number of terminal acetylenes is 1. The number of rotatable bonds is 2. The summed E-state index contributed by atoms with van der Waals surface area (Å²) >= 11 is 0. The van der Waals surface area contributed by atoms with Gasteiger partial charge in [0.05, 0.1) is 0 Å². The van der Waals surface area contributed by atoms with Crippen molar-refractivity contribution in [2.24, 2.45) is 0 Å². The van der Waals surface area contributed by atoms with Crippen molar-refractivity contribution in [1.29, 1.82) is 0 Å². The Bertz CT molecular complexity index is 388. The highest BCUT2D eigenvalue weighted by atomic mass is 14.8. The molecule has 1 heteroatoms. The molecule has 0 spiro atoms. The van der Waals surface area contributed by atoms with Crippen molar-refractivity contribution in [3.8, 4) is 24.2 Å². The van der Waals surface area contributed by atoms with Gasteiger partial charge in [-0.2, -0.15) is 0 Å². The maximum Gasteiger partial charge on any atom is 0.0257 e. The molecule has 1 nitrogen and oxygen atoms in total. The maximum atomic E-state index is 5.29. The van der Waals surface area contributed by atoms with E-state index < -0.39 is 0 Å². The highest BCUT2D eigenvalue weighted by Gasteiger charge is 1.88. The zero-order valence-electron chi connectivity index (χ0n) is 8.30. The molecule has 0 saturated heterocycles. The Morgan fingerprint density at radius 1 is 1.36 bits per heavy atom. The topological polar surface area (TPSA) is 12.0 Å². The van der Waals surface area contributed by atoms with Gasteiger partial charge in [0, 0.05) is 24.1 Å². The molecule has 0 aromatic heterocycles. The van der Waals surface area contributed by atoms with Crippen molar-refractivity contribution in [2.75, 3.05) is 13.6 Å². The number of hydrogen-bond donors (Lipinski definition) is 1. The van der Waals surface area contributed by atoms with Gasteiger partial charge in [0.2, 0.25) is 0 Å². The molecule has 0 aliphatic rings. The van der Waals surface area contributed by atoms with E-state index in [1.165, 1.54) is 0 Å². The lowest BCUT2D eigenvalue weighted by atomic mass is 10.1. The average molecular weight is 183 g/mol. The van der Waals surface area contributed by atoms with Crippen molar-refractivity contribution in [2.45, 2.75) is 6.42 Å². The normalized spacial score (nSPS) is 8.57. The molecule has 1 N–H and O–H groups in total. The van der Waals surface area contributed by atoms with Gasteiger partial charge >= 0.3 is 0 Å². The fraction of sp³-hybridized carbons (Fsp3) is 0.231. The molecule has 0 saturated carbocycles. The molecule has 0 unspecified atom stereocenters. The molecule has 14 heavy (non-hydrogen) atoms. The second-order valence-corrected chi connectivity index (χ2v) is 2.88. The summed E-state index contributed by atoms with van der Waals surface area (Å²) in [6.45, 7) is 0.918. The lowest BCUT2D eigenvalue weighted by Crippen LogP contribution is -2.05. The van der Waals surface area contributed by atoms with Crippen LogP contribution in [0.4, 0.5) is 0 Å². The third kappa shape index (κ3) is 3.35. The zero-order valence-corrected chi connectivity index (χ0v) is 8.30. The number of hydrogen-bond acceptors (Lipinski definition) is 1. The van der Waals surface area contributed by atoms with Crippen LogP contribution < -0.4 is 5.32 Å². The summed E-state index contributed by atoms with van der Waals surface area (Å²) in [5.74, 6) is 8.73. The molecular formula is C13H13N. The monoisotopic (exact) mass is 183 g/mol. The highest BCUT2D eigenvalue weighted by Crippen LogP contribution is 2.01. The summed E-state index contributed by atoms with van der Waals surface area (Å²) in [5, 5.41) is 3.04. The van der Waals surface area contributed by atoms with Crippen LogP contribution in [0.15, 0.2) is 24.3 Å². The standard InChI is InChI=1S/C13H13N/c1-3-12-8-6-9-13(11-12)7-4-5-10-14-2/h1,6,8-9,11,14H,5,10H2,2H3. The van der Waals surface area contributed by atoms with Crippen molar-refractivity contribution in [3.05, 3.63) is 35.4 Å². The molecule has 1 aromatic rings. The van der Waals surface area contributed by atoms with Gasteiger partial charge in [0.25, 0.3) is 0 Å². The number of nitrogens with one attached hydrogen (secondary N) is 1. The summed E-state index contributed by atoms with van der Waals surface area (Å²) < 4.78 is 0. The van der Waals surface area contributed by atoms with Gasteiger partial charge < -0.3 is 5.32 Å². The SMILES string of the molecule is C#Cc1cccc(C#CCCNC)c1. The first-order valence-electron chi connectivity index (χ1n) is 4.57. The Morgan fingerprint density at radius 2 is 2.14 bits per heavy atom. The van der Waals surface area contributed by atoms with Crippen LogP contribution in [0.2, 0.25) is 0 Å². The molecule has 0 atom stereocenters. The molecule has 0 radical (unpaired) electrons. The largest absolute Gasteiger partial charge is 0.319 e. The van der Waals surface area contributed by atoms with Crippen LogP contribution in [-0.4, -0.2) is 13.6 Å². The van der Waals surface area contributed by atoms with Gasteiger partial charge in [0.15, 0.2) is 0 Å². The smallest absolute Gasteiger partial charge is 0.0257 e.